The molecular weight excluding hydrogens is 274 g/mol. The molecule has 1 aromatic rings. The molecule has 1 rings (SSSR count). The molecular formula is C18H27NOSi. The van der Waals surface area contributed by atoms with E-state index in [0.717, 1.165) is 18.4 Å². The fourth-order valence-corrected chi connectivity index (χ4v) is 3.44. The Kier molecular flexibility index (Phi) is 6.87. The SMILES string of the molecule is CCCCC/C=C\C(C#N)(O[Si](C)(C)C)c1ccccc1. The maximum Gasteiger partial charge on any atom is 0.189 e. The third-order valence-corrected chi connectivity index (χ3v) is 4.10. The third kappa shape index (κ3) is 5.87. The first-order valence-corrected chi connectivity index (χ1v) is 11.2. The molecule has 0 aliphatic heterocycles. The molecule has 3 heteroatoms. The average molecular weight is 302 g/mol. The van der Waals surface area contributed by atoms with Gasteiger partial charge in [-0.15, -0.1) is 0 Å². The Balaban J connectivity index is 3.01. The van der Waals surface area contributed by atoms with Crippen molar-refractivity contribution in [1.82, 2.24) is 0 Å². The molecule has 0 heterocycles. The van der Waals surface area contributed by atoms with E-state index in [-0.39, 0.29) is 0 Å². The van der Waals surface area contributed by atoms with Crippen molar-refractivity contribution < 1.29 is 4.43 Å². The van der Waals surface area contributed by atoms with Gasteiger partial charge in [0.15, 0.2) is 13.9 Å². The Labute approximate surface area is 130 Å². The zero-order chi connectivity index (χ0) is 15.8. The lowest BCUT2D eigenvalue weighted by Crippen LogP contribution is -2.38. The lowest BCUT2D eigenvalue weighted by molar-refractivity contribution is 0.172. The van der Waals surface area contributed by atoms with Crippen LogP contribution in [0.2, 0.25) is 19.6 Å². The number of nitriles is 1. The van der Waals surface area contributed by atoms with Gasteiger partial charge >= 0.3 is 0 Å². The molecule has 0 N–H and O–H groups in total. The van der Waals surface area contributed by atoms with Gasteiger partial charge < -0.3 is 4.43 Å². The first kappa shape index (κ1) is 17.7. The van der Waals surface area contributed by atoms with Crippen LogP contribution in [-0.4, -0.2) is 8.32 Å². The molecule has 0 amide bonds. The molecule has 21 heavy (non-hydrogen) atoms. The molecule has 0 aromatic heterocycles. The van der Waals surface area contributed by atoms with Crippen molar-refractivity contribution in [2.24, 2.45) is 0 Å². The van der Waals surface area contributed by atoms with E-state index in [1.807, 2.05) is 36.4 Å². The van der Waals surface area contributed by atoms with E-state index in [1.165, 1.54) is 12.8 Å². The van der Waals surface area contributed by atoms with Gasteiger partial charge in [0.25, 0.3) is 0 Å². The van der Waals surface area contributed by atoms with Crippen LogP contribution in [0.5, 0.6) is 0 Å². The molecule has 0 bridgehead atoms. The van der Waals surface area contributed by atoms with Gasteiger partial charge in [-0.1, -0.05) is 56.2 Å². The van der Waals surface area contributed by atoms with Crippen LogP contribution in [0.4, 0.5) is 0 Å². The highest BCUT2D eigenvalue weighted by Gasteiger charge is 2.35. The monoisotopic (exact) mass is 301 g/mol. The second-order valence-corrected chi connectivity index (χ2v) is 10.8. The summed E-state index contributed by atoms with van der Waals surface area (Å²) < 4.78 is 6.26. The molecule has 0 saturated carbocycles. The first-order chi connectivity index (χ1) is 9.93. The van der Waals surface area contributed by atoms with Gasteiger partial charge in [0.2, 0.25) is 0 Å². The minimum atomic E-state index is -1.85. The summed E-state index contributed by atoms with van der Waals surface area (Å²) in [5.74, 6) is 0. The van der Waals surface area contributed by atoms with Crippen molar-refractivity contribution in [3.63, 3.8) is 0 Å². The largest absolute Gasteiger partial charge is 0.394 e. The van der Waals surface area contributed by atoms with Crippen LogP contribution >= 0.6 is 0 Å². The minimum absolute atomic E-state index is 0.918. The Morgan fingerprint density at radius 1 is 1.19 bits per heavy atom. The van der Waals surface area contributed by atoms with Crippen LogP contribution in [0.15, 0.2) is 42.5 Å². The van der Waals surface area contributed by atoms with E-state index in [9.17, 15) is 5.26 Å². The van der Waals surface area contributed by atoms with Crippen molar-refractivity contribution in [3.05, 3.63) is 48.0 Å². The van der Waals surface area contributed by atoms with Crippen molar-refractivity contribution in [3.8, 4) is 6.07 Å². The van der Waals surface area contributed by atoms with Gasteiger partial charge in [0, 0.05) is 5.56 Å². The van der Waals surface area contributed by atoms with Gasteiger partial charge in [0.05, 0.1) is 0 Å². The molecule has 0 fully saturated rings. The number of hydrogen-bond acceptors (Lipinski definition) is 2. The molecule has 114 valence electrons. The second-order valence-electron chi connectivity index (χ2n) is 6.33. The van der Waals surface area contributed by atoms with E-state index >= 15 is 0 Å². The number of allylic oxidation sites excluding steroid dienone is 1. The fourth-order valence-electron chi connectivity index (χ4n) is 2.24. The molecule has 2 nitrogen and oxygen atoms in total. The van der Waals surface area contributed by atoms with Gasteiger partial charge in [0.1, 0.15) is 6.07 Å². The molecule has 1 unspecified atom stereocenters. The van der Waals surface area contributed by atoms with Crippen LogP contribution in [0, 0.1) is 11.3 Å². The van der Waals surface area contributed by atoms with E-state index in [0.29, 0.717) is 0 Å². The summed E-state index contributed by atoms with van der Waals surface area (Å²) in [6, 6.07) is 12.2. The summed E-state index contributed by atoms with van der Waals surface area (Å²) in [6.07, 6.45) is 8.66. The Bertz CT molecular complexity index is 484. The Morgan fingerprint density at radius 3 is 2.38 bits per heavy atom. The fraction of sp³-hybridized carbons (Fsp3) is 0.500. The van der Waals surface area contributed by atoms with Crippen molar-refractivity contribution in [2.45, 2.75) is 57.8 Å². The molecule has 1 atom stereocenters. The molecule has 0 spiro atoms. The van der Waals surface area contributed by atoms with Crippen LogP contribution in [0.25, 0.3) is 0 Å². The summed E-state index contributed by atoms with van der Waals surface area (Å²) >= 11 is 0. The normalized spacial score (nSPS) is 14.8. The smallest absolute Gasteiger partial charge is 0.189 e. The van der Waals surface area contributed by atoms with Gasteiger partial charge in [-0.05, 0) is 38.6 Å². The topological polar surface area (TPSA) is 33.0 Å². The van der Waals surface area contributed by atoms with Gasteiger partial charge in [-0.25, -0.2) is 0 Å². The van der Waals surface area contributed by atoms with Gasteiger partial charge in [-0.2, -0.15) is 5.26 Å². The molecule has 0 aliphatic carbocycles. The minimum Gasteiger partial charge on any atom is -0.394 e. The summed E-state index contributed by atoms with van der Waals surface area (Å²) in [6.45, 7) is 8.55. The number of nitrogens with zero attached hydrogens (tertiary/aromatic N) is 1. The van der Waals surface area contributed by atoms with E-state index in [1.54, 1.807) is 0 Å². The maximum atomic E-state index is 9.79. The highest BCUT2D eigenvalue weighted by molar-refractivity contribution is 6.69. The zero-order valence-electron chi connectivity index (χ0n) is 13.7. The van der Waals surface area contributed by atoms with Crippen molar-refractivity contribution in [1.29, 1.82) is 5.26 Å². The standard InChI is InChI=1S/C18H27NOSi/c1-5-6-7-8-12-15-18(16-19,20-21(2,3)4)17-13-10-9-11-14-17/h9-15H,5-8H2,1-4H3/b15-12-. The number of hydrogen-bond donors (Lipinski definition) is 0. The van der Waals surface area contributed by atoms with E-state index in [2.05, 4.69) is 38.7 Å². The van der Waals surface area contributed by atoms with Gasteiger partial charge in [-0.3, -0.25) is 0 Å². The van der Waals surface area contributed by atoms with Crippen molar-refractivity contribution in [2.75, 3.05) is 0 Å². The third-order valence-electron chi connectivity index (χ3n) is 3.16. The van der Waals surface area contributed by atoms with E-state index < -0.39 is 13.9 Å². The molecule has 0 radical (unpaired) electrons. The molecule has 1 aromatic carbocycles. The number of rotatable bonds is 8. The summed E-state index contributed by atoms with van der Waals surface area (Å²) in [5.41, 5.74) is -0.0283. The van der Waals surface area contributed by atoms with E-state index in [4.69, 9.17) is 4.43 Å². The van der Waals surface area contributed by atoms with Crippen LogP contribution < -0.4 is 0 Å². The first-order valence-electron chi connectivity index (χ1n) is 7.78. The summed E-state index contributed by atoms with van der Waals surface area (Å²) in [5, 5.41) is 9.79. The lowest BCUT2D eigenvalue weighted by atomic mass is 9.94. The van der Waals surface area contributed by atoms with Crippen molar-refractivity contribution >= 4 is 8.32 Å². The Hall–Kier alpha value is -1.37. The lowest BCUT2D eigenvalue weighted by Gasteiger charge is -2.31. The number of benzene rings is 1. The van der Waals surface area contributed by atoms with Crippen LogP contribution in [0.1, 0.15) is 38.2 Å². The maximum absolute atomic E-state index is 9.79. The number of unbranched alkanes of at least 4 members (excludes halogenated alkanes) is 3. The van der Waals surface area contributed by atoms with Crippen LogP contribution in [0.3, 0.4) is 0 Å². The molecule has 0 aliphatic rings. The summed E-state index contributed by atoms with van der Waals surface area (Å²) in [4.78, 5) is 0. The van der Waals surface area contributed by atoms with Crippen LogP contribution in [-0.2, 0) is 10.0 Å². The second kappa shape index (κ2) is 8.16. The highest BCUT2D eigenvalue weighted by atomic mass is 28.4. The predicted molar refractivity (Wildman–Crippen MR) is 91.4 cm³/mol. The quantitative estimate of drug-likeness (QED) is 0.366. The Morgan fingerprint density at radius 2 is 1.86 bits per heavy atom. The highest BCUT2D eigenvalue weighted by Crippen LogP contribution is 2.31. The average Bonchev–Trinajstić information content (AvgIpc) is 2.45. The summed E-state index contributed by atoms with van der Waals surface area (Å²) in [7, 11) is -1.85. The molecule has 0 saturated heterocycles. The predicted octanol–water partition coefficient (Wildman–Crippen LogP) is 5.39. The zero-order valence-corrected chi connectivity index (χ0v) is 14.7.